The molecule has 0 bridgehead atoms. The summed E-state index contributed by atoms with van der Waals surface area (Å²) in [5.74, 6) is -1.51. The van der Waals surface area contributed by atoms with Gasteiger partial charge in [0, 0.05) is 23.3 Å². The molecule has 0 atom stereocenters. The number of rotatable bonds is 6. The second-order valence-corrected chi connectivity index (χ2v) is 6.45. The van der Waals surface area contributed by atoms with Crippen LogP contribution in [0.3, 0.4) is 0 Å². The quantitative estimate of drug-likeness (QED) is 0.429. The molecule has 2 aromatic carbocycles. The van der Waals surface area contributed by atoms with Gasteiger partial charge in [0.05, 0.1) is 10.9 Å². The molecular formula is C19H15ClF3N5O. The molecule has 10 heteroatoms. The van der Waals surface area contributed by atoms with Gasteiger partial charge in [0.15, 0.2) is 5.83 Å². The van der Waals surface area contributed by atoms with E-state index < -0.39 is 23.9 Å². The molecule has 0 amide bonds. The van der Waals surface area contributed by atoms with E-state index in [-0.39, 0.29) is 5.95 Å². The predicted octanol–water partition coefficient (Wildman–Crippen LogP) is 5.10. The van der Waals surface area contributed by atoms with Crippen molar-refractivity contribution in [3.05, 3.63) is 75.3 Å². The maximum Gasteiger partial charge on any atom is 0.301 e. The molecule has 0 saturated carbocycles. The lowest BCUT2D eigenvalue weighted by atomic mass is 10.2. The van der Waals surface area contributed by atoms with Crippen molar-refractivity contribution in [2.75, 3.05) is 10.9 Å². The van der Waals surface area contributed by atoms with E-state index in [1.54, 1.807) is 36.4 Å². The Hall–Kier alpha value is -3.33. The minimum Gasteiger partial charge on any atom is -0.324 e. The molecule has 29 heavy (non-hydrogen) atoms. The van der Waals surface area contributed by atoms with Crippen LogP contribution >= 0.6 is 11.6 Å². The normalized spacial score (nSPS) is 11.1. The first-order valence-electron chi connectivity index (χ1n) is 8.38. The number of hydrogen-bond acceptors (Lipinski definition) is 5. The molecule has 6 nitrogen and oxygen atoms in total. The number of nitrogens with one attached hydrogen (secondary N) is 2. The summed E-state index contributed by atoms with van der Waals surface area (Å²) >= 11 is 5.88. The highest BCUT2D eigenvalue weighted by Gasteiger charge is 2.12. The number of anilines is 2. The number of hydrogen-bond donors (Lipinski definition) is 2. The van der Waals surface area contributed by atoms with Crippen LogP contribution in [-0.4, -0.2) is 15.9 Å². The summed E-state index contributed by atoms with van der Waals surface area (Å²) in [5.41, 5.74) is 3.84. The van der Waals surface area contributed by atoms with Crippen molar-refractivity contribution in [1.29, 1.82) is 0 Å². The van der Waals surface area contributed by atoms with Gasteiger partial charge in [-0.1, -0.05) is 23.2 Å². The zero-order valence-electron chi connectivity index (χ0n) is 15.1. The molecule has 1 aromatic heterocycles. The van der Waals surface area contributed by atoms with Gasteiger partial charge in [0.2, 0.25) is 5.95 Å². The molecule has 2 N–H and O–H groups in total. The van der Waals surface area contributed by atoms with Gasteiger partial charge in [0.1, 0.15) is 0 Å². The summed E-state index contributed by atoms with van der Waals surface area (Å²) in [7, 11) is 0. The summed E-state index contributed by atoms with van der Waals surface area (Å²) in [6, 6.07) is 11.9. The second-order valence-electron chi connectivity index (χ2n) is 6.01. The molecule has 0 aliphatic rings. The van der Waals surface area contributed by atoms with E-state index in [1.807, 2.05) is 13.0 Å². The van der Waals surface area contributed by atoms with Crippen LogP contribution in [0.25, 0.3) is 10.9 Å². The molecule has 1 heterocycles. The summed E-state index contributed by atoms with van der Waals surface area (Å²) in [6.07, 6.45) is -2.25. The summed E-state index contributed by atoms with van der Waals surface area (Å²) < 4.78 is 38.1. The second kappa shape index (κ2) is 8.78. The van der Waals surface area contributed by atoms with Crippen molar-refractivity contribution in [1.82, 2.24) is 9.66 Å². The van der Waals surface area contributed by atoms with Crippen molar-refractivity contribution in [3.8, 4) is 0 Å². The average molecular weight is 422 g/mol. The predicted molar refractivity (Wildman–Crippen MR) is 108 cm³/mol. The van der Waals surface area contributed by atoms with Crippen LogP contribution in [0.4, 0.5) is 24.8 Å². The van der Waals surface area contributed by atoms with E-state index in [1.165, 1.54) is 0 Å². The molecule has 0 unspecified atom stereocenters. The highest BCUT2D eigenvalue weighted by atomic mass is 35.5. The maximum atomic E-state index is 12.9. The van der Waals surface area contributed by atoms with E-state index in [0.717, 1.165) is 16.5 Å². The molecular weight excluding hydrogens is 407 g/mol. The van der Waals surface area contributed by atoms with E-state index in [0.29, 0.717) is 21.6 Å². The Morgan fingerprint density at radius 3 is 2.62 bits per heavy atom. The third-order valence-corrected chi connectivity index (χ3v) is 4.10. The number of fused-ring (bicyclic) bond motifs is 1. The van der Waals surface area contributed by atoms with Gasteiger partial charge in [-0.05, 0) is 43.3 Å². The Morgan fingerprint density at radius 2 is 1.93 bits per heavy atom. The van der Waals surface area contributed by atoms with Crippen LogP contribution in [0, 0.1) is 6.92 Å². The lowest BCUT2D eigenvalue weighted by Gasteiger charge is -2.14. The van der Waals surface area contributed by atoms with Crippen molar-refractivity contribution >= 4 is 40.4 Å². The molecule has 0 radical (unpaired) electrons. The van der Waals surface area contributed by atoms with E-state index >= 15 is 0 Å². The van der Waals surface area contributed by atoms with Gasteiger partial charge in [-0.25, -0.2) is 14.9 Å². The fraction of sp³-hybridized carbons (Fsp3) is 0.105. The molecule has 0 aliphatic carbocycles. The summed E-state index contributed by atoms with van der Waals surface area (Å²) in [5, 5.41) is 7.48. The smallest absolute Gasteiger partial charge is 0.301 e. The van der Waals surface area contributed by atoms with Crippen molar-refractivity contribution in [3.63, 3.8) is 0 Å². The Morgan fingerprint density at radius 1 is 1.21 bits per heavy atom. The highest BCUT2D eigenvalue weighted by molar-refractivity contribution is 6.30. The summed E-state index contributed by atoms with van der Waals surface area (Å²) in [6.45, 7) is 1.83. The molecule has 3 rings (SSSR count). The molecule has 0 aliphatic heterocycles. The maximum absolute atomic E-state index is 12.9. The van der Waals surface area contributed by atoms with Gasteiger partial charge >= 0.3 is 6.08 Å². The first kappa shape index (κ1) is 20.4. The standard InChI is InChI=1S/C19H15ClF3N5O/c1-11-2-7-16-14(10-11)18(29)28(27-24-9-8-15(21)17(22)23)19(26-16)25-13-5-3-12(20)4-6-13/h2-7,9-10,27H,8H2,1H3,(H,25,26)/b24-9+. The fourth-order valence-electron chi connectivity index (χ4n) is 2.44. The topological polar surface area (TPSA) is 71.3 Å². The lowest BCUT2D eigenvalue weighted by Crippen LogP contribution is -2.29. The van der Waals surface area contributed by atoms with Crippen molar-refractivity contribution < 1.29 is 13.2 Å². The number of aryl methyl sites for hydroxylation is 1. The fourth-order valence-corrected chi connectivity index (χ4v) is 2.57. The minimum atomic E-state index is -2.42. The first-order chi connectivity index (χ1) is 13.8. The largest absolute Gasteiger partial charge is 0.324 e. The van der Waals surface area contributed by atoms with Crippen molar-refractivity contribution in [2.45, 2.75) is 13.3 Å². The van der Waals surface area contributed by atoms with Gasteiger partial charge in [0.25, 0.3) is 5.56 Å². The van der Waals surface area contributed by atoms with Gasteiger partial charge < -0.3 is 5.32 Å². The van der Waals surface area contributed by atoms with Crippen LogP contribution in [0.1, 0.15) is 12.0 Å². The average Bonchev–Trinajstić information content (AvgIpc) is 2.69. The number of benzene rings is 2. The zero-order chi connectivity index (χ0) is 21.0. The van der Waals surface area contributed by atoms with Crippen molar-refractivity contribution in [2.24, 2.45) is 5.10 Å². The van der Waals surface area contributed by atoms with E-state index in [4.69, 9.17) is 11.6 Å². The Bertz CT molecular complexity index is 1150. The molecule has 3 aromatic rings. The summed E-state index contributed by atoms with van der Waals surface area (Å²) in [4.78, 5) is 17.3. The number of nitrogens with zero attached hydrogens (tertiary/aromatic N) is 3. The molecule has 0 fully saturated rings. The van der Waals surface area contributed by atoms with Gasteiger partial charge in [-0.3, -0.25) is 4.79 Å². The highest BCUT2D eigenvalue weighted by Crippen LogP contribution is 2.19. The Balaban J connectivity index is 2.00. The molecule has 0 spiro atoms. The molecule has 150 valence electrons. The van der Waals surface area contributed by atoms with Gasteiger partial charge in [-0.15, -0.1) is 0 Å². The Kier molecular flexibility index (Phi) is 6.18. The SMILES string of the molecule is Cc1ccc2nc(Nc3ccc(Cl)cc3)n(N/N=C/CC(F)=C(F)F)c(=O)c2c1. The van der Waals surface area contributed by atoms with Crippen LogP contribution in [-0.2, 0) is 0 Å². The number of allylic oxidation sites excluding steroid dienone is 1. The third-order valence-electron chi connectivity index (χ3n) is 3.85. The monoisotopic (exact) mass is 421 g/mol. The number of halogens is 4. The van der Waals surface area contributed by atoms with E-state index in [9.17, 15) is 18.0 Å². The van der Waals surface area contributed by atoms with Crippen LogP contribution in [0.2, 0.25) is 5.02 Å². The van der Waals surface area contributed by atoms with Crippen LogP contribution < -0.4 is 16.4 Å². The van der Waals surface area contributed by atoms with E-state index in [2.05, 4.69) is 20.9 Å². The zero-order valence-corrected chi connectivity index (χ0v) is 15.8. The Labute approximate surface area is 168 Å². The minimum absolute atomic E-state index is 0.0958. The number of aromatic nitrogens is 2. The lowest BCUT2D eigenvalue weighted by molar-refractivity contribution is 0.377. The van der Waals surface area contributed by atoms with Crippen LogP contribution in [0.5, 0.6) is 0 Å². The number of hydrazone groups is 1. The first-order valence-corrected chi connectivity index (χ1v) is 8.76. The third kappa shape index (κ3) is 4.94. The van der Waals surface area contributed by atoms with Gasteiger partial charge in [-0.2, -0.15) is 18.6 Å². The molecule has 0 saturated heterocycles. The van der Waals surface area contributed by atoms with Crippen LogP contribution in [0.15, 0.2) is 64.3 Å².